The number of aromatic carboxylic acids is 1. The molecular weight excluding hydrogens is 252 g/mol. The molecule has 1 aromatic rings. The van der Waals surface area contributed by atoms with Gasteiger partial charge in [-0.15, -0.1) is 0 Å². The number of nitro benzene ring substituents is 1. The molecule has 0 aromatic heterocycles. The maximum absolute atomic E-state index is 11.1. The van der Waals surface area contributed by atoms with Crippen molar-refractivity contribution >= 4 is 17.3 Å². The molecule has 0 radical (unpaired) electrons. The van der Waals surface area contributed by atoms with Crippen molar-refractivity contribution in [3.63, 3.8) is 0 Å². The van der Waals surface area contributed by atoms with Crippen molar-refractivity contribution in [2.45, 2.75) is 6.92 Å². The second-order valence-corrected chi connectivity index (χ2v) is 4.27. The Bertz CT molecular complexity index is 523. The quantitative estimate of drug-likeness (QED) is 0.657. The summed E-state index contributed by atoms with van der Waals surface area (Å²) in [6.07, 6.45) is 0. The molecule has 0 amide bonds. The van der Waals surface area contributed by atoms with Crippen molar-refractivity contribution in [2.75, 3.05) is 31.2 Å². The first kappa shape index (κ1) is 13.3. The number of ether oxygens (including phenoxy) is 1. The number of carbonyl (C=O) groups is 1. The molecule has 1 N–H and O–H groups in total. The highest BCUT2D eigenvalue weighted by atomic mass is 16.6. The lowest BCUT2D eigenvalue weighted by Crippen LogP contribution is -2.36. The van der Waals surface area contributed by atoms with Gasteiger partial charge in [0.1, 0.15) is 5.56 Å². The Hall–Kier alpha value is -2.15. The Balaban J connectivity index is 2.49. The van der Waals surface area contributed by atoms with Gasteiger partial charge in [-0.25, -0.2) is 4.79 Å². The largest absolute Gasteiger partial charge is 0.477 e. The van der Waals surface area contributed by atoms with Gasteiger partial charge in [0.15, 0.2) is 0 Å². The highest BCUT2D eigenvalue weighted by Crippen LogP contribution is 2.32. The molecule has 0 unspecified atom stereocenters. The van der Waals surface area contributed by atoms with Gasteiger partial charge in [0.05, 0.1) is 23.7 Å². The predicted molar refractivity (Wildman–Crippen MR) is 67.8 cm³/mol. The monoisotopic (exact) mass is 266 g/mol. The molecule has 0 saturated carbocycles. The zero-order valence-electron chi connectivity index (χ0n) is 10.5. The van der Waals surface area contributed by atoms with Crippen LogP contribution in [0.5, 0.6) is 0 Å². The zero-order valence-corrected chi connectivity index (χ0v) is 10.5. The lowest BCUT2D eigenvalue weighted by Gasteiger charge is -2.30. The van der Waals surface area contributed by atoms with E-state index in [1.165, 1.54) is 6.07 Å². The van der Waals surface area contributed by atoms with Crippen molar-refractivity contribution in [1.29, 1.82) is 0 Å². The van der Waals surface area contributed by atoms with E-state index in [1.54, 1.807) is 13.0 Å². The first-order chi connectivity index (χ1) is 9.02. The molecule has 1 heterocycles. The van der Waals surface area contributed by atoms with Crippen molar-refractivity contribution in [2.24, 2.45) is 0 Å². The van der Waals surface area contributed by atoms with E-state index in [0.717, 1.165) is 0 Å². The minimum Gasteiger partial charge on any atom is -0.477 e. The number of rotatable bonds is 3. The van der Waals surface area contributed by atoms with Crippen molar-refractivity contribution < 1.29 is 19.6 Å². The fourth-order valence-electron chi connectivity index (χ4n) is 2.24. The summed E-state index contributed by atoms with van der Waals surface area (Å²) >= 11 is 0. The number of nitro groups is 1. The molecule has 0 bridgehead atoms. The first-order valence-corrected chi connectivity index (χ1v) is 5.86. The molecule has 1 aliphatic heterocycles. The van der Waals surface area contributed by atoms with Crippen LogP contribution in [-0.4, -0.2) is 42.3 Å². The van der Waals surface area contributed by atoms with E-state index in [1.807, 2.05) is 4.90 Å². The summed E-state index contributed by atoms with van der Waals surface area (Å²) in [5.41, 5.74) is 0.461. The normalized spacial score (nSPS) is 15.3. The average Bonchev–Trinajstić information content (AvgIpc) is 2.38. The maximum Gasteiger partial charge on any atom is 0.342 e. The van der Waals surface area contributed by atoms with Gasteiger partial charge in [-0.3, -0.25) is 10.1 Å². The van der Waals surface area contributed by atoms with Crippen molar-refractivity contribution in [3.05, 3.63) is 33.4 Å². The van der Waals surface area contributed by atoms with Crippen LogP contribution in [-0.2, 0) is 4.74 Å². The Morgan fingerprint density at radius 3 is 2.58 bits per heavy atom. The topological polar surface area (TPSA) is 92.9 Å². The summed E-state index contributed by atoms with van der Waals surface area (Å²) in [5.74, 6) is -1.29. The van der Waals surface area contributed by atoms with Crippen LogP contribution in [0.4, 0.5) is 11.4 Å². The van der Waals surface area contributed by atoms with Crippen LogP contribution in [0, 0.1) is 17.0 Å². The van der Waals surface area contributed by atoms with Crippen LogP contribution < -0.4 is 4.90 Å². The molecule has 1 saturated heterocycles. The second kappa shape index (κ2) is 5.23. The minimum absolute atomic E-state index is 0.278. The molecule has 102 valence electrons. The standard InChI is InChI=1S/C12H14N2O5/c1-8-10(13-4-6-19-7-5-13)3-2-9(12(15)16)11(8)14(17)18/h2-3H,4-7H2,1H3,(H,15,16). The fourth-order valence-corrected chi connectivity index (χ4v) is 2.24. The van der Waals surface area contributed by atoms with E-state index >= 15 is 0 Å². The second-order valence-electron chi connectivity index (χ2n) is 4.27. The van der Waals surface area contributed by atoms with Crippen molar-refractivity contribution in [1.82, 2.24) is 0 Å². The van der Waals surface area contributed by atoms with E-state index in [9.17, 15) is 14.9 Å². The number of hydrogen-bond acceptors (Lipinski definition) is 5. The fraction of sp³-hybridized carbons (Fsp3) is 0.417. The molecule has 1 fully saturated rings. The SMILES string of the molecule is Cc1c(N2CCOCC2)ccc(C(=O)O)c1[N+](=O)[O-]. The van der Waals surface area contributed by atoms with Crippen molar-refractivity contribution in [3.8, 4) is 0 Å². The van der Waals surface area contributed by atoms with E-state index < -0.39 is 10.9 Å². The third-order valence-electron chi connectivity index (χ3n) is 3.17. The van der Waals surface area contributed by atoms with Gasteiger partial charge in [0, 0.05) is 18.8 Å². The smallest absolute Gasteiger partial charge is 0.342 e. The molecule has 19 heavy (non-hydrogen) atoms. The maximum atomic E-state index is 11.1. The predicted octanol–water partition coefficient (Wildman–Crippen LogP) is 1.44. The van der Waals surface area contributed by atoms with Crippen LogP contribution >= 0.6 is 0 Å². The molecular formula is C12H14N2O5. The van der Waals surface area contributed by atoms with Gasteiger partial charge >= 0.3 is 5.97 Å². The van der Waals surface area contributed by atoms with Crippen LogP contribution in [0.1, 0.15) is 15.9 Å². The third-order valence-corrected chi connectivity index (χ3v) is 3.17. The van der Waals surface area contributed by atoms with Crippen LogP contribution in [0.2, 0.25) is 0 Å². The van der Waals surface area contributed by atoms with E-state index in [4.69, 9.17) is 9.84 Å². The average molecular weight is 266 g/mol. The highest BCUT2D eigenvalue weighted by molar-refractivity contribution is 5.94. The van der Waals surface area contributed by atoms with Gasteiger partial charge in [-0.1, -0.05) is 0 Å². The first-order valence-electron chi connectivity index (χ1n) is 5.86. The molecule has 1 aliphatic rings. The summed E-state index contributed by atoms with van der Waals surface area (Å²) in [6.45, 7) is 3.99. The molecule has 7 heteroatoms. The number of morpholine rings is 1. The van der Waals surface area contributed by atoms with E-state index in [2.05, 4.69) is 0 Å². The molecule has 0 aliphatic carbocycles. The third kappa shape index (κ3) is 2.50. The molecule has 2 rings (SSSR count). The zero-order chi connectivity index (χ0) is 14.0. The minimum atomic E-state index is -1.29. The number of anilines is 1. The summed E-state index contributed by atoms with van der Waals surface area (Å²) in [4.78, 5) is 23.4. The van der Waals surface area contributed by atoms with Gasteiger partial charge < -0.3 is 14.7 Å². The van der Waals surface area contributed by atoms with Gasteiger partial charge in [-0.2, -0.15) is 0 Å². The van der Waals surface area contributed by atoms with E-state index in [-0.39, 0.29) is 11.3 Å². The Kier molecular flexibility index (Phi) is 3.66. The number of carboxylic acids is 1. The van der Waals surface area contributed by atoms with Gasteiger partial charge in [0.2, 0.25) is 0 Å². The van der Waals surface area contributed by atoms with E-state index in [0.29, 0.717) is 37.6 Å². The Morgan fingerprint density at radius 1 is 1.42 bits per heavy atom. The summed E-state index contributed by atoms with van der Waals surface area (Å²) in [6, 6.07) is 2.91. The number of hydrogen-bond donors (Lipinski definition) is 1. The van der Waals surface area contributed by atoms with Gasteiger partial charge in [0.25, 0.3) is 5.69 Å². The van der Waals surface area contributed by atoms with Crippen LogP contribution in [0.3, 0.4) is 0 Å². The van der Waals surface area contributed by atoms with Gasteiger partial charge in [-0.05, 0) is 19.1 Å². The summed E-state index contributed by atoms with van der Waals surface area (Å²) < 4.78 is 5.23. The molecule has 1 aromatic carbocycles. The molecule has 0 atom stereocenters. The lowest BCUT2D eigenvalue weighted by molar-refractivity contribution is -0.385. The Labute approximate surface area is 109 Å². The van der Waals surface area contributed by atoms with Crippen LogP contribution in [0.25, 0.3) is 0 Å². The summed E-state index contributed by atoms with van der Waals surface area (Å²) in [5, 5.41) is 20.1. The number of carboxylic acid groups (broad SMARTS) is 1. The number of benzene rings is 1. The number of nitrogens with zero attached hydrogens (tertiary/aromatic N) is 2. The summed E-state index contributed by atoms with van der Waals surface area (Å²) in [7, 11) is 0. The molecule has 7 nitrogen and oxygen atoms in total. The highest BCUT2D eigenvalue weighted by Gasteiger charge is 2.26. The lowest BCUT2D eigenvalue weighted by atomic mass is 10.0. The van der Waals surface area contributed by atoms with Crippen LogP contribution in [0.15, 0.2) is 12.1 Å². The molecule has 0 spiro atoms. The Morgan fingerprint density at radius 2 is 2.05 bits per heavy atom.